The lowest BCUT2D eigenvalue weighted by Crippen LogP contribution is -2.53. The normalized spacial score (nSPS) is 27.9. The molecule has 1 heterocycles. The third-order valence-electron chi connectivity index (χ3n) is 3.77. The largest absolute Gasteiger partial charge is 0.341 e. The van der Waals surface area contributed by atoms with Gasteiger partial charge in [-0.3, -0.25) is 4.79 Å². The highest BCUT2D eigenvalue weighted by Crippen LogP contribution is 2.23. The number of halogens is 1. The number of hydrogen-bond acceptors (Lipinski definition) is 2. The molecule has 1 fully saturated rings. The average Bonchev–Trinajstić information content (AvgIpc) is 2.38. The number of hydrogen-bond donors (Lipinski definition) is 1. The first-order valence-corrected chi connectivity index (χ1v) is 6.95. The molecule has 0 aliphatic carbocycles. The van der Waals surface area contributed by atoms with E-state index >= 15 is 0 Å². The van der Waals surface area contributed by atoms with Crippen molar-refractivity contribution in [3.05, 3.63) is 0 Å². The SMILES string of the molecule is CCCC(C)(N)C(=O)N1CCC(C)CC(C)C1.Cl. The topological polar surface area (TPSA) is 46.3 Å². The first-order valence-electron chi connectivity index (χ1n) is 6.95. The molecule has 4 heteroatoms. The highest BCUT2D eigenvalue weighted by Gasteiger charge is 2.33. The van der Waals surface area contributed by atoms with Crippen molar-refractivity contribution in [3.63, 3.8) is 0 Å². The molecule has 3 unspecified atom stereocenters. The summed E-state index contributed by atoms with van der Waals surface area (Å²) in [6.07, 6.45) is 4.06. The van der Waals surface area contributed by atoms with Crippen LogP contribution >= 0.6 is 12.4 Å². The van der Waals surface area contributed by atoms with Crippen molar-refractivity contribution in [3.8, 4) is 0 Å². The minimum absolute atomic E-state index is 0. The van der Waals surface area contributed by atoms with Crippen molar-refractivity contribution >= 4 is 18.3 Å². The number of likely N-dealkylation sites (tertiary alicyclic amines) is 1. The zero-order chi connectivity index (χ0) is 13.1. The molecule has 0 aromatic carbocycles. The molecule has 3 nitrogen and oxygen atoms in total. The zero-order valence-electron chi connectivity index (χ0n) is 12.2. The van der Waals surface area contributed by atoms with Gasteiger partial charge in [-0.05, 0) is 38.0 Å². The van der Waals surface area contributed by atoms with E-state index in [0.717, 1.165) is 38.3 Å². The van der Waals surface area contributed by atoms with Gasteiger partial charge < -0.3 is 10.6 Å². The number of rotatable bonds is 3. The van der Waals surface area contributed by atoms with Gasteiger partial charge >= 0.3 is 0 Å². The van der Waals surface area contributed by atoms with Gasteiger partial charge in [0.25, 0.3) is 0 Å². The van der Waals surface area contributed by atoms with Crippen LogP contribution in [-0.4, -0.2) is 29.4 Å². The van der Waals surface area contributed by atoms with Crippen LogP contribution in [0.15, 0.2) is 0 Å². The fourth-order valence-corrected chi connectivity index (χ4v) is 2.89. The van der Waals surface area contributed by atoms with Gasteiger partial charge in [-0.2, -0.15) is 0 Å². The van der Waals surface area contributed by atoms with E-state index in [-0.39, 0.29) is 18.3 Å². The van der Waals surface area contributed by atoms with Crippen LogP contribution in [0.4, 0.5) is 0 Å². The van der Waals surface area contributed by atoms with Crippen LogP contribution < -0.4 is 5.73 Å². The molecule has 1 aliphatic heterocycles. The maximum atomic E-state index is 12.4. The minimum atomic E-state index is -0.679. The molecule has 0 saturated carbocycles. The van der Waals surface area contributed by atoms with Crippen molar-refractivity contribution < 1.29 is 4.79 Å². The lowest BCUT2D eigenvalue weighted by molar-refractivity contribution is -0.137. The molecule has 0 spiro atoms. The number of carbonyl (C=O) groups excluding carboxylic acids is 1. The summed E-state index contributed by atoms with van der Waals surface area (Å²) in [5.41, 5.74) is 5.46. The Balaban J connectivity index is 0.00000289. The summed E-state index contributed by atoms with van der Waals surface area (Å²) < 4.78 is 0. The standard InChI is InChI=1S/C14H28N2O.ClH/c1-5-7-14(4,15)13(17)16-8-6-11(2)9-12(3)10-16;/h11-12H,5-10,15H2,1-4H3;1H. The van der Waals surface area contributed by atoms with Gasteiger partial charge in [0, 0.05) is 13.1 Å². The Bertz CT molecular complexity index is 269. The second-order valence-electron chi connectivity index (χ2n) is 6.15. The van der Waals surface area contributed by atoms with Gasteiger partial charge in [0.2, 0.25) is 5.91 Å². The summed E-state index contributed by atoms with van der Waals surface area (Å²) in [7, 11) is 0. The van der Waals surface area contributed by atoms with Gasteiger partial charge in [0.1, 0.15) is 0 Å². The molecule has 1 amide bonds. The molecular weight excluding hydrogens is 248 g/mol. The molecule has 0 radical (unpaired) electrons. The van der Waals surface area contributed by atoms with E-state index < -0.39 is 5.54 Å². The maximum Gasteiger partial charge on any atom is 0.242 e. The van der Waals surface area contributed by atoms with Crippen molar-refractivity contribution in [2.24, 2.45) is 17.6 Å². The predicted molar refractivity (Wildman–Crippen MR) is 78.9 cm³/mol. The van der Waals surface area contributed by atoms with E-state index in [0.29, 0.717) is 5.92 Å². The monoisotopic (exact) mass is 276 g/mol. The third kappa shape index (κ3) is 4.77. The van der Waals surface area contributed by atoms with E-state index in [1.807, 2.05) is 11.8 Å². The molecule has 2 N–H and O–H groups in total. The lowest BCUT2D eigenvalue weighted by Gasteiger charge is -2.32. The third-order valence-corrected chi connectivity index (χ3v) is 3.77. The molecule has 18 heavy (non-hydrogen) atoms. The number of nitrogens with zero attached hydrogens (tertiary/aromatic N) is 1. The quantitative estimate of drug-likeness (QED) is 0.862. The molecule has 1 aliphatic rings. The second kappa shape index (κ2) is 7.34. The summed E-state index contributed by atoms with van der Waals surface area (Å²) in [4.78, 5) is 14.4. The van der Waals surface area contributed by atoms with Crippen molar-refractivity contribution in [1.29, 1.82) is 0 Å². The summed E-state index contributed by atoms with van der Waals surface area (Å²) in [5, 5.41) is 0. The van der Waals surface area contributed by atoms with Crippen LogP contribution in [0.2, 0.25) is 0 Å². The molecule has 108 valence electrons. The van der Waals surface area contributed by atoms with Gasteiger partial charge in [-0.15, -0.1) is 12.4 Å². The first-order chi connectivity index (χ1) is 7.86. The average molecular weight is 277 g/mol. The Labute approximate surface area is 118 Å². The molecule has 3 atom stereocenters. The number of amides is 1. The summed E-state index contributed by atoms with van der Waals surface area (Å²) >= 11 is 0. The Morgan fingerprint density at radius 2 is 2.00 bits per heavy atom. The first kappa shape index (κ1) is 17.7. The minimum Gasteiger partial charge on any atom is -0.341 e. The maximum absolute atomic E-state index is 12.4. The summed E-state index contributed by atoms with van der Waals surface area (Å²) in [5.74, 6) is 1.45. The van der Waals surface area contributed by atoms with Crippen molar-refractivity contribution in [2.75, 3.05) is 13.1 Å². The number of nitrogens with two attached hydrogens (primary N) is 1. The Hall–Kier alpha value is -0.280. The van der Waals surface area contributed by atoms with Crippen LogP contribution in [0.5, 0.6) is 0 Å². The Morgan fingerprint density at radius 1 is 1.39 bits per heavy atom. The lowest BCUT2D eigenvalue weighted by atomic mass is 9.95. The molecule has 1 saturated heterocycles. The second-order valence-corrected chi connectivity index (χ2v) is 6.15. The van der Waals surface area contributed by atoms with Crippen LogP contribution in [0.25, 0.3) is 0 Å². The molecule has 1 rings (SSSR count). The number of carbonyl (C=O) groups is 1. The predicted octanol–water partition coefficient (Wildman–Crippen LogP) is 2.82. The molecule has 0 aromatic rings. The van der Waals surface area contributed by atoms with Crippen molar-refractivity contribution in [2.45, 2.75) is 58.9 Å². The van der Waals surface area contributed by atoms with Gasteiger partial charge in [0.05, 0.1) is 5.54 Å². The summed E-state index contributed by atoms with van der Waals surface area (Å²) in [6.45, 7) is 10.2. The molecular formula is C14H29ClN2O. The van der Waals surface area contributed by atoms with Crippen LogP contribution in [0.1, 0.15) is 53.4 Å². The summed E-state index contributed by atoms with van der Waals surface area (Å²) in [6, 6.07) is 0. The van der Waals surface area contributed by atoms with Crippen LogP contribution in [-0.2, 0) is 4.79 Å². The molecule has 0 aromatic heterocycles. The smallest absolute Gasteiger partial charge is 0.242 e. The van der Waals surface area contributed by atoms with Crippen LogP contribution in [0, 0.1) is 11.8 Å². The highest BCUT2D eigenvalue weighted by molar-refractivity contribution is 5.86. The van der Waals surface area contributed by atoms with Crippen molar-refractivity contribution in [1.82, 2.24) is 4.90 Å². The zero-order valence-corrected chi connectivity index (χ0v) is 13.1. The van der Waals surface area contributed by atoms with E-state index in [2.05, 4.69) is 20.8 Å². The highest BCUT2D eigenvalue weighted by atomic mass is 35.5. The Kier molecular flexibility index (Phi) is 7.23. The van der Waals surface area contributed by atoms with E-state index in [1.54, 1.807) is 0 Å². The molecule has 0 bridgehead atoms. The van der Waals surface area contributed by atoms with E-state index in [4.69, 9.17) is 5.73 Å². The van der Waals surface area contributed by atoms with E-state index in [9.17, 15) is 4.79 Å². The van der Waals surface area contributed by atoms with Gasteiger partial charge in [-0.1, -0.05) is 27.2 Å². The van der Waals surface area contributed by atoms with E-state index in [1.165, 1.54) is 6.42 Å². The fourth-order valence-electron chi connectivity index (χ4n) is 2.89. The van der Waals surface area contributed by atoms with Crippen LogP contribution in [0.3, 0.4) is 0 Å². The Morgan fingerprint density at radius 3 is 2.56 bits per heavy atom. The van der Waals surface area contributed by atoms with Gasteiger partial charge in [0.15, 0.2) is 0 Å². The van der Waals surface area contributed by atoms with Gasteiger partial charge in [-0.25, -0.2) is 0 Å². The fraction of sp³-hybridized carbons (Fsp3) is 0.929.